The minimum absolute atomic E-state index is 0.117. The number of carbonyl (C=O) groups excluding carboxylic acids is 1. The van der Waals surface area contributed by atoms with Gasteiger partial charge in [-0.25, -0.2) is 0 Å². The van der Waals surface area contributed by atoms with Gasteiger partial charge in [-0.1, -0.05) is 33.2 Å². The topological polar surface area (TPSA) is 55.1 Å². The Kier molecular flexibility index (Phi) is 3.98. The van der Waals surface area contributed by atoms with E-state index < -0.39 is 0 Å². The molecule has 1 amide bonds. The Labute approximate surface area is 136 Å². The molecule has 1 N–H and O–H groups in total. The summed E-state index contributed by atoms with van der Waals surface area (Å²) in [4.78, 5) is 12.2. The molecule has 0 saturated carbocycles. The van der Waals surface area contributed by atoms with Crippen LogP contribution in [-0.2, 0) is 11.2 Å². The van der Waals surface area contributed by atoms with Crippen molar-refractivity contribution in [1.82, 2.24) is 5.16 Å². The number of aromatic nitrogens is 1. The molecule has 0 saturated heterocycles. The lowest BCUT2D eigenvalue weighted by molar-refractivity contribution is -0.115. The van der Waals surface area contributed by atoms with Gasteiger partial charge in [0.15, 0.2) is 5.58 Å². The Morgan fingerprint density at radius 2 is 2.09 bits per heavy atom. The van der Waals surface area contributed by atoms with Crippen LogP contribution in [0, 0.1) is 13.8 Å². The molecule has 0 atom stereocenters. The number of rotatable bonds is 3. The first-order valence-corrected chi connectivity index (χ1v) is 7.73. The molecule has 0 aliphatic rings. The van der Waals surface area contributed by atoms with Gasteiger partial charge in [-0.15, -0.1) is 0 Å². The van der Waals surface area contributed by atoms with Crippen molar-refractivity contribution in [2.45, 2.75) is 20.3 Å². The molecule has 2 aromatic carbocycles. The second-order valence-electron chi connectivity index (χ2n) is 5.32. The van der Waals surface area contributed by atoms with E-state index in [2.05, 4.69) is 32.5 Å². The maximum absolute atomic E-state index is 12.2. The zero-order valence-corrected chi connectivity index (χ0v) is 13.9. The van der Waals surface area contributed by atoms with Crippen LogP contribution in [0.15, 0.2) is 45.4 Å². The highest BCUT2D eigenvalue weighted by molar-refractivity contribution is 9.10. The summed E-state index contributed by atoms with van der Waals surface area (Å²) in [5.74, 6) is -0.117. The minimum Gasteiger partial charge on any atom is -0.356 e. The fourth-order valence-electron chi connectivity index (χ4n) is 2.56. The highest BCUT2D eigenvalue weighted by atomic mass is 79.9. The van der Waals surface area contributed by atoms with Crippen LogP contribution < -0.4 is 5.32 Å². The smallest absolute Gasteiger partial charge is 0.230 e. The van der Waals surface area contributed by atoms with Crippen LogP contribution in [0.1, 0.15) is 16.8 Å². The Hall–Kier alpha value is -2.14. The summed E-state index contributed by atoms with van der Waals surface area (Å²) in [5, 5.41) is 7.84. The van der Waals surface area contributed by atoms with Crippen LogP contribution in [0.25, 0.3) is 11.0 Å². The normalized spacial score (nSPS) is 10.9. The third-order valence-electron chi connectivity index (χ3n) is 3.42. The molecule has 4 nitrogen and oxygen atoms in total. The van der Waals surface area contributed by atoms with Crippen LogP contribution in [0.2, 0.25) is 0 Å². The molecule has 22 heavy (non-hydrogen) atoms. The maximum atomic E-state index is 12.2. The van der Waals surface area contributed by atoms with Crippen molar-refractivity contribution in [2.75, 3.05) is 5.32 Å². The van der Waals surface area contributed by atoms with E-state index in [1.54, 1.807) is 0 Å². The number of anilines is 1. The van der Waals surface area contributed by atoms with Crippen molar-refractivity contribution >= 4 is 38.5 Å². The van der Waals surface area contributed by atoms with Gasteiger partial charge in [0.25, 0.3) is 0 Å². The SMILES string of the molecule is Cc1cc(C)c2c(CC(=O)Nc3cccc(Br)c3)noc2c1. The van der Waals surface area contributed by atoms with E-state index >= 15 is 0 Å². The van der Waals surface area contributed by atoms with Gasteiger partial charge >= 0.3 is 0 Å². The molecule has 0 unspecified atom stereocenters. The molecule has 1 heterocycles. The van der Waals surface area contributed by atoms with Crippen molar-refractivity contribution in [3.63, 3.8) is 0 Å². The number of hydrogen-bond donors (Lipinski definition) is 1. The summed E-state index contributed by atoms with van der Waals surface area (Å²) in [6.45, 7) is 4.01. The van der Waals surface area contributed by atoms with E-state index in [9.17, 15) is 4.79 Å². The molecular weight excluding hydrogens is 344 g/mol. The highest BCUT2D eigenvalue weighted by Crippen LogP contribution is 2.25. The Bertz CT molecular complexity index is 855. The number of halogens is 1. The van der Waals surface area contributed by atoms with Gasteiger partial charge < -0.3 is 9.84 Å². The fourth-order valence-corrected chi connectivity index (χ4v) is 2.96. The third kappa shape index (κ3) is 3.04. The van der Waals surface area contributed by atoms with Gasteiger partial charge in [-0.05, 0) is 49.2 Å². The molecular formula is C17H15BrN2O2. The first-order chi connectivity index (χ1) is 10.5. The quantitative estimate of drug-likeness (QED) is 0.755. The minimum atomic E-state index is -0.117. The summed E-state index contributed by atoms with van der Waals surface area (Å²) in [7, 11) is 0. The Morgan fingerprint density at radius 1 is 1.27 bits per heavy atom. The van der Waals surface area contributed by atoms with E-state index in [0.29, 0.717) is 5.69 Å². The predicted octanol–water partition coefficient (Wildman–Crippen LogP) is 4.39. The Morgan fingerprint density at radius 3 is 2.86 bits per heavy atom. The summed E-state index contributed by atoms with van der Waals surface area (Å²) in [5.41, 5.74) is 4.33. The largest absolute Gasteiger partial charge is 0.356 e. The first kappa shape index (κ1) is 14.8. The van der Waals surface area contributed by atoms with Crippen LogP contribution in [0.3, 0.4) is 0 Å². The molecule has 1 aromatic heterocycles. The molecule has 3 rings (SSSR count). The van der Waals surface area contributed by atoms with E-state index in [1.807, 2.05) is 44.2 Å². The van der Waals surface area contributed by atoms with Crippen LogP contribution in [0.5, 0.6) is 0 Å². The van der Waals surface area contributed by atoms with Gasteiger partial charge in [0.1, 0.15) is 5.69 Å². The molecule has 0 aliphatic heterocycles. The van der Waals surface area contributed by atoms with Gasteiger partial charge in [0.2, 0.25) is 5.91 Å². The molecule has 0 spiro atoms. The zero-order valence-electron chi connectivity index (χ0n) is 12.3. The third-order valence-corrected chi connectivity index (χ3v) is 3.92. The van der Waals surface area contributed by atoms with Crippen LogP contribution in [0.4, 0.5) is 5.69 Å². The lowest BCUT2D eigenvalue weighted by Crippen LogP contribution is -2.14. The number of amides is 1. The second-order valence-corrected chi connectivity index (χ2v) is 6.24. The molecule has 0 fully saturated rings. The molecule has 0 bridgehead atoms. The van der Waals surface area contributed by atoms with Crippen molar-refractivity contribution in [3.05, 3.63) is 57.7 Å². The summed E-state index contributed by atoms with van der Waals surface area (Å²) < 4.78 is 6.26. The van der Waals surface area contributed by atoms with Gasteiger partial charge in [0.05, 0.1) is 6.42 Å². The number of fused-ring (bicyclic) bond motifs is 1. The average molecular weight is 359 g/mol. The maximum Gasteiger partial charge on any atom is 0.230 e. The predicted molar refractivity (Wildman–Crippen MR) is 90.0 cm³/mol. The van der Waals surface area contributed by atoms with E-state index in [0.717, 1.165) is 32.3 Å². The van der Waals surface area contributed by atoms with Crippen LogP contribution >= 0.6 is 15.9 Å². The second kappa shape index (κ2) is 5.93. The lowest BCUT2D eigenvalue weighted by Gasteiger charge is -2.05. The van der Waals surface area contributed by atoms with E-state index in [1.165, 1.54) is 0 Å². The van der Waals surface area contributed by atoms with Crippen molar-refractivity contribution in [2.24, 2.45) is 0 Å². The number of carbonyl (C=O) groups is 1. The standard InChI is InChI=1S/C17H15BrN2O2/c1-10-6-11(2)17-14(20-22-15(17)7-10)9-16(21)19-13-5-3-4-12(18)8-13/h3-8H,9H2,1-2H3,(H,19,21). The lowest BCUT2D eigenvalue weighted by atomic mass is 10.0. The van der Waals surface area contributed by atoms with Gasteiger partial charge in [-0.3, -0.25) is 4.79 Å². The zero-order chi connectivity index (χ0) is 15.7. The number of hydrogen-bond acceptors (Lipinski definition) is 3. The van der Waals surface area contributed by atoms with Crippen molar-refractivity contribution in [1.29, 1.82) is 0 Å². The molecule has 0 aliphatic carbocycles. The van der Waals surface area contributed by atoms with Gasteiger partial charge in [0, 0.05) is 15.5 Å². The van der Waals surface area contributed by atoms with Crippen LogP contribution in [-0.4, -0.2) is 11.1 Å². The average Bonchev–Trinajstić information content (AvgIpc) is 2.81. The molecule has 5 heteroatoms. The summed E-state index contributed by atoms with van der Waals surface area (Å²) in [6.07, 6.45) is 0.184. The fraction of sp³-hybridized carbons (Fsp3) is 0.176. The van der Waals surface area contributed by atoms with Gasteiger partial charge in [-0.2, -0.15) is 0 Å². The number of nitrogens with one attached hydrogen (secondary N) is 1. The highest BCUT2D eigenvalue weighted by Gasteiger charge is 2.15. The Balaban J connectivity index is 1.83. The summed E-state index contributed by atoms with van der Waals surface area (Å²) in [6, 6.07) is 11.5. The van der Waals surface area contributed by atoms with E-state index in [4.69, 9.17) is 4.52 Å². The summed E-state index contributed by atoms with van der Waals surface area (Å²) >= 11 is 3.38. The van der Waals surface area contributed by atoms with Crippen molar-refractivity contribution < 1.29 is 9.32 Å². The number of benzene rings is 2. The molecule has 3 aromatic rings. The monoisotopic (exact) mass is 358 g/mol. The van der Waals surface area contributed by atoms with Crippen molar-refractivity contribution in [3.8, 4) is 0 Å². The molecule has 0 radical (unpaired) electrons. The van der Waals surface area contributed by atoms with E-state index in [-0.39, 0.29) is 12.3 Å². The molecule has 112 valence electrons. The first-order valence-electron chi connectivity index (χ1n) is 6.94. The number of nitrogens with zero attached hydrogens (tertiary/aromatic N) is 1. The number of aryl methyl sites for hydroxylation is 2.